The van der Waals surface area contributed by atoms with E-state index in [1.165, 1.54) is 51.4 Å². The van der Waals surface area contributed by atoms with Crippen LogP contribution in [0.1, 0.15) is 155 Å². The van der Waals surface area contributed by atoms with Crippen LogP contribution in [0.4, 0.5) is 0 Å². The lowest BCUT2D eigenvalue weighted by Gasteiger charge is -2.31. The summed E-state index contributed by atoms with van der Waals surface area (Å²) in [4.78, 5) is 37.0. The Hall–Kier alpha value is -3.49. The van der Waals surface area contributed by atoms with Gasteiger partial charge in [-0.2, -0.15) is 0 Å². The van der Waals surface area contributed by atoms with Gasteiger partial charge < -0.3 is 23.8 Å². The number of aliphatic carboxylic acids is 1. The minimum Gasteiger partial charge on any atom is -0.477 e. The summed E-state index contributed by atoms with van der Waals surface area (Å²) in [7, 11) is 5.50. The molecule has 0 heterocycles. The minimum atomic E-state index is -0.885. The minimum absolute atomic E-state index is 0.0419. The first-order chi connectivity index (χ1) is 27.6. The molecule has 0 aliphatic carbocycles. The van der Waals surface area contributed by atoms with Gasteiger partial charge in [-0.25, -0.2) is 4.79 Å². The van der Waals surface area contributed by atoms with Gasteiger partial charge >= 0.3 is 17.9 Å². The Morgan fingerprint density at radius 2 is 1.02 bits per heavy atom. The van der Waals surface area contributed by atoms with E-state index in [1.807, 2.05) is 57.6 Å². The van der Waals surface area contributed by atoms with Crippen LogP contribution in [0, 0.1) is 0 Å². The third-order valence-electron chi connectivity index (χ3n) is 9.38. The Balaban J connectivity index is 4.37. The van der Waals surface area contributed by atoms with Gasteiger partial charge in [-0.1, -0.05) is 157 Å². The number of hydrogen-bond donors (Lipinski definition) is 1. The lowest BCUT2D eigenvalue weighted by atomic mass is 10.0. The molecule has 0 amide bonds. The van der Waals surface area contributed by atoms with Gasteiger partial charge in [-0.3, -0.25) is 9.59 Å². The molecule has 0 bridgehead atoms. The Kier molecular flexibility index (Phi) is 36.9. The summed E-state index contributed by atoms with van der Waals surface area (Å²) in [5.74, 6) is -1.53. The van der Waals surface area contributed by atoms with Gasteiger partial charge in [0.15, 0.2) is 12.1 Å². The highest BCUT2D eigenvalue weighted by molar-refractivity contribution is 5.72. The van der Waals surface area contributed by atoms with E-state index in [2.05, 4.69) is 62.5 Å². The van der Waals surface area contributed by atoms with Gasteiger partial charge in [0.1, 0.15) is 6.61 Å². The average Bonchev–Trinajstić information content (AvgIpc) is 3.17. The van der Waals surface area contributed by atoms with Crippen LogP contribution in [0.3, 0.4) is 0 Å². The zero-order valence-electron chi connectivity index (χ0n) is 36.8. The molecule has 2 unspecified atom stereocenters. The Labute approximate surface area is 348 Å². The van der Waals surface area contributed by atoms with Crippen molar-refractivity contribution in [3.8, 4) is 0 Å². The summed E-state index contributed by atoms with van der Waals surface area (Å²) >= 11 is 0. The first-order valence-corrected chi connectivity index (χ1v) is 22.2. The van der Waals surface area contributed by atoms with E-state index in [9.17, 15) is 19.5 Å². The molecule has 1 N–H and O–H groups in total. The summed E-state index contributed by atoms with van der Waals surface area (Å²) in [5, 5.41) is 9.62. The van der Waals surface area contributed by atoms with Crippen LogP contribution in [0.2, 0.25) is 0 Å². The average molecular weight is 797 g/mol. The van der Waals surface area contributed by atoms with E-state index in [1.54, 1.807) is 0 Å². The third kappa shape index (κ3) is 37.8. The predicted octanol–water partition coefficient (Wildman–Crippen LogP) is 12.1. The number of carboxylic acids is 1. The van der Waals surface area contributed by atoms with Crippen LogP contribution >= 0.6 is 0 Å². The number of hydrogen-bond acceptors (Lipinski definition) is 6. The number of carbonyl (C=O) groups excluding carboxylic acids is 2. The summed E-state index contributed by atoms with van der Waals surface area (Å²) < 4.78 is 17.2. The second kappa shape index (κ2) is 39.3. The van der Waals surface area contributed by atoms with Gasteiger partial charge in [-0.05, 0) is 64.2 Å². The number of nitrogens with zero attached hydrogens (tertiary/aromatic N) is 1. The number of likely N-dealkylation sites (N-methyl/N-ethyl adjacent to an activating group) is 1. The van der Waals surface area contributed by atoms with Crippen LogP contribution in [0.15, 0.2) is 85.1 Å². The number of carboxylic acid groups (broad SMARTS) is 1. The molecule has 0 spiro atoms. The highest BCUT2D eigenvalue weighted by Crippen LogP contribution is 2.14. The molecule has 0 aromatic heterocycles. The van der Waals surface area contributed by atoms with Gasteiger partial charge in [0.2, 0.25) is 0 Å². The second-order valence-electron chi connectivity index (χ2n) is 15.6. The number of carbonyl (C=O) groups is 3. The van der Waals surface area contributed by atoms with Crippen LogP contribution in [0.25, 0.3) is 0 Å². The fourth-order valence-corrected chi connectivity index (χ4v) is 6.00. The zero-order chi connectivity index (χ0) is 42.1. The Bertz CT molecular complexity index is 1200. The van der Waals surface area contributed by atoms with Crippen molar-refractivity contribution in [1.82, 2.24) is 0 Å². The lowest BCUT2D eigenvalue weighted by molar-refractivity contribution is -0.887. The van der Waals surface area contributed by atoms with Gasteiger partial charge in [-0.15, -0.1) is 0 Å². The molecule has 324 valence electrons. The zero-order valence-corrected chi connectivity index (χ0v) is 36.8. The molecule has 0 rings (SSSR count). The van der Waals surface area contributed by atoms with E-state index in [0.717, 1.165) is 70.6 Å². The summed E-state index contributed by atoms with van der Waals surface area (Å²) in [6, 6.07) is -0.625. The van der Waals surface area contributed by atoms with Crippen LogP contribution in [0.5, 0.6) is 0 Å². The van der Waals surface area contributed by atoms with E-state index < -0.39 is 18.1 Å². The molecule has 8 heteroatoms. The van der Waals surface area contributed by atoms with Gasteiger partial charge in [0.25, 0.3) is 0 Å². The molecule has 0 saturated heterocycles. The number of allylic oxidation sites excluding steroid dienone is 14. The number of unbranched alkanes of at least 4 members (excludes halogenated alkanes) is 13. The topological polar surface area (TPSA) is 99.1 Å². The molecule has 0 aromatic rings. The second-order valence-corrected chi connectivity index (χ2v) is 15.6. The lowest BCUT2D eigenvalue weighted by Crippen LogP contribution is -2.50. The molecule has 0 aliphatic rings. The number of quaternary nitrogens is 1. The summed E-state index contributed by atoms with van der Waals surface area (Å²) in [6.45, 7) is 4.42. The first kappa shape index (κ1) is 53.5. The van der Waals surface area contributed by atoms with Crippen molar-refractivity contribution in [3.63, 3.8) is 0 Å². The number of esters is 2. The normalized spacial score (nSPS) is 13.8. The van der Waals surface area contributed by atoms with Crippen molar-refractivity contribution in [2.75, 3.05) is 41.0 Å². The maximum absolute atomic E-state index is 12.7. The summed E-state index contributed by atoms with van der Waals surface area (Å²) in [5.41, 5.74) is 0. The van der Waals surface area contributed by atoms with Gasteiger partial charge in [0, 0.05) is 19.3 Å². The van der Waals surface area contributed by atoms with Crippen molar-refractivity contribution in [3.05, 3.63) is 85.1 Å². The molecule has 0 radical (unpaired) electrons. The molecular weight excluding hydrogens is 715 g/mol. The molecule has 8 nitrogen and oxygen atoms in total. The smallest absolute Gasteiger partial charge is 0.362 e. The molecule has 0 saturated carbocycles. The van der Waals surface area contributed by atoms with E-state index in [0.29, 0.717) is 19.3 Å². The Morgan fingerprint density at radius 1 is 0.544 bits per heavy atom. The predicted molar refractivity (Wildman–Crippen MR) is 238 cm³/mol. The quantitative estimate of drug-likeness (QED) is 0.0218. The van der Waals surface area contributed by atoms with Crippen molar-refractivity contribution in [1.29, 1.82) is 0 Å². The standard InChI is InChI=1S/C49H81NO7/c1-6-8-10-12-14-16-18-20-21-22-23-24-25-26-28-30-32-34-36-38-40-48(52)57-45(43-55-42-41-46(49(53)54)50(3,4)5)44-56-47(51)39-37-35-33-31-29-27-19-17-15-13-11-9-7-2/h8-11,13-17,19-21,27,29,45-46H,6-7,12,18,22-26,28,30-44H2,1-5H3/p+1/b10-8+,11-9+,15-13+,16-14+,19-17+,21-20+,29-27+. The van der Waals surface area contributed by atoms with Crippen molar-refractivity contribution < 1.29 is 38.2 Å². The highest BCUT2D eigenvalue weighted by atomic mass is 16.6. The third-order valence-corrected chi connectivity index (χ3v) is 9.38. The van der Waals surface area contributed by atoms with Crippen molar-refractivity contribution in [2.45, 2.75) is 167 Å². The van der Waals surface area contributed by atoms with E-state index in [4.69, 9.17) is 14.2 Å². The maximum atomic E-state index is 12.7. The summed E-state index contributed by atoms with van der Waals surface area (Å²) in [6.07, 6.45) is 50.6. The fraction of sp³-hybridized carbons (Fsp3) is 0.653. The number of rotatable bonds is 38. The van der Waals surface area contributed by atoms with Crippen LogP contribution < -0.4 is 0 Å². The van der Waals surface area contributed by atoms with Gasteiger partial charge in [0.05, 0.1) is 34.4 Å². The van der Waals surface area contributed by atoms with E-state index in [-0.39, 0.29) is 36.2 Å². The maximum Gasteiger partial charge on any atom is 0.362 e. The Morgan fingerprint density at radius 3 is 1.60 bits per heavy atom. The fourth-order valence-electron chi connectivity index (χ4n) is 6.00. The van der Waals surface area contributed by atoms with Crippen LogP contribution in [-0.2, 0) is 28.6 Å². The first-order valence-electron chi connectivity index (χ1n) is 22.2. The monoisotopic (exact) mass is 797 g/mol. The molecular formula is C49H82NO7+. The molecule has 2 atom stereocenters. The van der Waals surface area contributed by atoms with Crippen molar-refractivity contribution in [2.24, 2.45) is 0 Å². The van der Waals surface area contributed by atoms with E-state index >= 15 is 0 Å². The highest BCUT2D eigenvalue weighted by Gasteiger charge is 2.31. The van der Waals surface area contributed by atoms with Crippen LogP contribution in [-0.4, -0.2) is 80.6 Å². The SMILES string of the molecule is CC/C=C/C=C/C=C/C=C/CCCCCC(=O)OCC(COCCC(C(=O)O)[N+](C)(C)C)OC(=O)CCCCCCCCCCCC/C=C/C/C=C/C/C=C/CC. The van der Waals surface area contributed by atoms with Crippen molar-refractivity contribution >= 4 is 17.9 Å². The molecule has 0 aromatic carbocycles. The number of ether oxygens (including phenoxy) is 3. The molecule has 0 aliphatic heterocycles. The largest absolute Gasteiger partial charge is 0.477 e. The molecule has 57 heavy (non-hydrogen) atoms. The molecule has 0 fully saturated rings.